The summed E-state index contributed by atoms with van der Waals surface area (Å²) in [5.41, 5.74) is 0.709. The van der Waals surface area contributed by atoms with E-state index in [9.17, 15) is 4.39 Å². The fourth-order valence-electron chi connectivity index (χ4n) is 1.88. The number of hydrogen-bond donors (Lipinski definition) is 1. The highest BCUT2D eigenvalue weighted by atomic mass is 32.2. The third kappa shape index (κ3) is 4.31. The SMILES string of the molecule is CSCc1noc(CN[C@@H](C)Cc2ccccc2F)n1. The summed E-state index contributed by atoms with van der Waals surface area (Å²) < 4.78 is 18.7. The predicted octanol–water partition coefficient (Wildman–Crippen LogP) is 2.79. The van der Waals surface area contributed by atoms with Gasteiger partial charge in [-0.1, -0.05) is 23.4 Å². The minimum absolute atomic E-state index is 0.128. The molecule has 0 aliphatic carbocycles. The maximum atomic E-state index is 13.5. The molecule has 0 bridgehead atoms. The van der Waals surface area contributed by atoms with Crippen molar-refractivity contribution in [3.05, 3.63) is 47.4 Å². The third-order valence-corrected chi connectivity index (χ3v) is 3.42. The zero-order chi connectivity index (χ0) is 14.4. The molecule has 1 atom stereocenters. The lowest BCUT2D eigenvalue weighted by molar-refractivity contribution is 0.355. The average molecular weight is 295 g/mol. The van der Waals surface area contributed by atoms with Crippen LogP contribution in [0, 0.1) is 5.82 Å². The van der Waals surface area contributed by atoms with E-state index >= 15 is 0 Å². The molecule has 0 amide bonds. The van der Waals surface area contributed by atoms with Gasteiger partial charge >= 0.3 is 0 Å². The molecule has 1 aromatic heterocycles. The largest absolute Gasteiger partial charge is 0.338 e. The Labute approximate surface area is 122 Å². The maximum absolute atomic E-state index is 13.5. The second-order valence-electron chi connectivity index (χ2n) is 4.61. The molecule has 1 heterocycles. The van der Waals surface area contributed by atoms with Crippen molar-refractivity contribution in [2.24, 2.45) is 0 Å². The molecule has 1 aromatic carbocycles. The standard InChI is InChI=1S/C14H18FN3OS/c1-10(7-11-5-3-4-6-12(11)15)16-8-14-17-13(9-20-2)18-19-14/h3-6,10,16H,7-9H2,1-2H3/t10-/m0/s1. The van der Waals surface area contributed by atoms with Gasteiger partial charge in [-0.3, -0.25) is 0 Å². The van der Waals surface area contributed by atoms with Crippen LogP contribution in [-0.4, -0.2) is 22.4 Å². The lowest BCUT2D eigenvalue weighted by Crippen LogP contribution is -2.28. The lowest BCUT2D eigenvalue weighted by atomic mass is 10.1. The van der Waals surface area contributed by atoms with Crippen LogP contribution in [0.1, 0.15) is 24.2 Å². The number of halogens is 1. The van der Waals surface area contributed by atoms with E-state index in [0.29, 0.717) is 30.2 Å². The van der Waals surface area contributed by atoms with Crippen molar-refractivity contribution in [2.75, 3.05) is 6.26 Å². The van der Waals surface area contributed by atoms with Crippen LogP contribution in [0.15, 0.2) is 28.8 Å². The molecule has 0 aliphatic rings. The molecule has 2 rings (SSSR count). The molecule has 0 fully saturated rings. The molecule has 1 N–H and O–H groups in total. The van der Waals surface area contributed by atoms with Gasteiger partial charge in [0.25, 0.3) is 0 Å². The Hall–Kier alpha value is -1.40. The van der Waals surface area contributed by atoms with Crippen LogP contribution in [-0.2, 0) is 18.7 Å². The molecule has 4 nitrogen and oxygen atoms in total. The summed E-state index contributed by atoms with van der Waals surface area (Å²) in [6.45, 7) is 2.50. The molecule has 108 valence electrons. The summed E-state index contributed by atoms with van der Waals surface area (Å²) in [7, 11) is 0. The van der Waals surface area contributed by atoms with Crippen LogP contribution in [0.4, 0.5) is 4.39 Å². The van der Waals surface area contributed by atoms with Gasteiger partial charge in [0.1, 0.15) is 5.82 Å². The van der Waals surface area contributed by atoms with Crippen molar-refractivity contribution in [1.29, 1.82) is 0 Å². The molecule has 2 aromatic rings. The monoisotopic (exact) mass is 295 g/mol. The van der Waals surface area contributed by atoms with Gasteiger partial charge in [-0.2, -0.15) is 16.7 Å². The van der Waals surface area contributed by atoms with Crippen molar-refractivity contribution in [3.8, 4) is 0 Å². The number of thioether (sulfide) groups is 1. The van der Waals surface area contributed by atoms with Gasteiger partial charge in [-0.25, -0.2) is 4.39 Å². The Balaban J connectivity index is 1.82. The van der Waals surface area contributed by atoms with E-state index in [4.69, 9.17) is 4.52 Å². The summed E-state index contributed by atoms with van der Waals surface area (Å²) in [5.74, 6) is 1.85. The smallest absolute Gasteiger partial charge is 0.240 e. The third-order valence-electron chi connectivity index (χ3n) is 2.87. The van der Waals surface area contributed by atoms with Crippen molar-refractivity contribution in [1.82, 2.24) is 15.5 Å². The zero-order valence-corrected chi connectivity index (χ0v) is 12.4. The van der Waals surface area contributed by atoms with Crippen LogP contribution in [0.3, 0.4) is 0 Å². The first-order chi connectivity index (χ1) is 9.69. The number of aromatic nitrogens is 2. The number of hydrogen-bond acceptors (Lipinski definition) is 5. The normalized spacial score (nSPS) is 12.6. The summed E-state index contributed by atoms with van der Waals surface area (Å²) in [6.07, 6.45) is 2.61. The minimum Gasteiger partial charge on any atom is -0.338 e. The van der Waals surface area contributed by atoms with Crippen LogP contribution in [0.25, 0.3) is 0 Å². The molecule has 0 radical (unpaired) electrons. The Morgan fingerprint density at radius 2 is 2.20 bits per heavy atom. The van der Waals surface area contributed by atoms with Crippen LogP contribution in [0.5, 0.6) is 0 Å². The number of nitrogens with one attached hydrogen (secondary N) is 1. The fraction of sp³-hybridized carbons (Fsp3) is 0.429. The molecule has 0 spiro atoms. The average Bonchev–Trinajstić information content (AvgIpc) is 2.87. The summed E-state index contributed by atoms with van der Waals surface area (Å²) >= 11 is 1.65. The van der Waals surface area contributed by atoms with Gasteiger partial charge in [-0.05, 0) is 31.2 Å². The molecule has 6 heteroatoms. The highest BCUT2D eigenvalue weighted by Crippen LogP contribution is 2.10. The predicted molar refractivity (Wildman–Crippen MR) is 77.9 cm³/mol. The van der Waals surface area contributed by atoms with E-state index in [1.165, 1.54) is 6.07 Å². The van der Waals surface area contributed by atoms with Crippen LogP contribution < -0.4 is 5.32 Å². The van der Waals surface area contributed by atoms with Crippen molar-refractivity contribution in [3.63, 3.8) is 0 Å². The van der Waals surface area contributed by atoms with Crippen molar-refractivity contribution in [2.45, 2.75) is 31.7 Å². The number of benzene rings is 1. The van der Waals surface area contributed by atoms with E-state index < -0.39 is 0 Å². The van der Waals surface area contributed by atoms with E-state index in [1.54, 1.807) is 23.9 Å². The molecule has 20 heavy (non-hydrogen) atoms. The van der Waals surface area contributed by atoms with Gasteiger partial charge < -0.3 is 9.84 Å². The van der Waals surface area contributed by atoms with Gasteiger partial charge in [0.15, 0.2) is 5.82 Å². The summed E-state index contributed by atoms with van der Waals surface area (Å²) in [6, 6.07) is 6.95. The molecule has 0 saturated heterocycles. The first-order valence-corrected chi connectivity index (χ1v) is 7.85. The molecule has 0 saturated carbocycles. The number of rotatable bonds is 7. The van der Waals surface area contributed by atoms with Gasteiger partial charge in [0.05, 0.1) is 12.3 Å². The molecule has 0 unspecified atom stereocenters. The first kappa shape index (κ1) is 15.0. The quantitative estimate of drug-likeness (QED) is 0.851. The Bertz CT molecular complexity index is 547. The van der Waals surface area contributed by atoms with Crippen LogP contribution in [0.2, 0.25) is 0 Å². The zero-order valence-electron chi connectivity index (χ0n) is 11.6. The van der Waals surface area contributed by atoms with E-state index in [0.717, 1.165) is 5.75 Å². The van der Waals surface area contributed by atoms with Crippen molar-refractivity contribution < 1.29 is 8.91 Å². The van der Waals surface area contributed by atoms with Crippen molar-refractivity contribution >= 4 is 11.8 Å². The van der Waals surface area contributed by atoms with Crippen LogP contribution >= 0.6 is 11.8 Å². The highest BCUT2D eigenvalue weighted by molar-refractivity contribution is 7.97. The van der Waals surface area contributed by atoms with E-state index in [2.05, 4.69) is 15.5 Å². The van der Waals surface area contributed by atoms with Gasteiger partial charge in [0.2, 0.25) is 5.89 Å². The second kappa shape index (κ2) is 7.40. The fourth-order valence-corrected chi connectivity index (χ4v) is 2.25. The summed E-state index contributed by atoms with van der Waals surface area (Å²) in [5, 5.41) is 7.14. The van der Waals surface area contributed by atoms with E-state index in [-0.39, 0.29) is 11.9 Å². The first-order valence-electron chi connectivity index (χ1n) is 6.46. The van der Waals surface area contributed by atoms with Gasteiger partial charge in [-0.15, -0.1) is 0 Å². The minimum atomic E-state index is -0.166. The summed E-state index contributed by atoms with van der Waals surface area (Å²) in [4.78, 5) is 4.26. The topological polar surface area (TPSA) is 51.0 Å². The Morgan fingerprint density at radius 1 is 1.40 bits per heavy atom. The van der Waals surface area contributed by atoms with E-state index in [1.807, 2.05) is 19.2 Å². The maximum Gasteiger partial charge on any atom is 0.240 e. The molecular weight excluding hydrogens is 277 g/mol. The molecular formula is C14H18FN3OS. The molecule has 0 aliphatic heterocycles. The Kier molecular flexibility index (Phi) is 5.55. The Morgan fingerprint density at radius 3 is 2.95 bits per heavy atom. The second-order valence-corrected chi connectivity index (χ2v) is 5.48. The lowest BCUT2D eigenvalue weighted by Gasteiger charge is -2.12. The number of nitrogens with zero attached hydrogens (tertiary/aromatic N) is 2. The highest BCUT2D eigenvalue weighted by Gasteiger charge is 2.10. The van der Waals surface area contributed by atoms with Gasteiger partial charge in [0, 0.05) is 6.04 Å².